The molecule has 3 aromatic rings. The van der Waals surface area contributed by atoms with Crippen LogP contribution in [0.5, 0.6) is 0 Å². The summed E-state index contributed by atoms with van der Waals surface area (Å²) in [6, 6.07) is 12.7. The fourth-order valence-electron chi connectivity index (χ4n) is 2.79. The van der Waals surface area contributed by atoms with Crippen LogP contribution in [0.4, 0.5) is 0 Å². The van der Waals surface area contributed by atoms with Gasteiger partial charge in [0.15, 0.2) is 5.69 Å². The highest BCUT2D eigenvalue weighted by atomic mass is 32.2. The van der Waals surface area contributed by atoms with E-state index >= 15 is 0 Å². The molecule has 0 radical (unpaired) electrons. The van der Waals surface area contributed by atoms with E-state index in [2.05, 4.69) is 35.3 Å². The number of nitrogens with zero attached hydrogens (tertiary/aromatic N) is 2. The number of hydrogen-bond acceptors (Lipinski definition) is 5. The van der Waals surface area contributed by atoms with Crippen LogP contribution in [0.3, 0.4) is 0 Å². The van der Waals surface area contributed by atoms with Gasteiger partial charge in [-0.25, -0.2) is 9.78 Å². The van der Waals surface area contributed by atoms with Crippen molar-refractivity contribution in [2.45, 2.75) is 23.3 Å². The lowest BCUT2D eigenvalue weighted by Gasteiger charge is -2.14. The first-order chi connectivity index (χ1) is 11.8. The molecule has 0 atom stereocenters. The van der Waals surface area contributed by atoms with Crippen LogP contribution in [0.1, 0.15) is 33.5 Å². The van der Waals surface area contributed by atoms with E-state index in [0.29, 0.717) is 12.3 Å². The minimum absolute atomic E-state index is 0.338. The van der Waals surface area contributed by atoms with Gasteiger partial charge in [-0.1, -0.05) is 30.3 Å². The van der Waals surface area contributed by atoms with Crippen molar-refractivity contribution in [3.8, 4) is 5.69 Å². The molecular formula is C18H16N2O2S2. The first-order valence-corrected chi connectivity index (χ1v) is 9.59. The third-order valence-electron chi connectivity index (χ3n) is 3.89. The maximum absolute atomic E-state index is 12.0. The monoisotopic (exact) mass is 356 g/mol. The third kappa shape index (κ3) is 2.76. The highest BCUT2D eigenvalue weighted by molar-refractivity contribution is 8.00. The summed E-state index contributed by atoms with van der Waals surface area (Å²) in [5.41, 5.74) is 3.79. The Morgan fingerprint density at radius 3 is 2.96 bits per heavy atom. The molecular weight excluding hydrogens is 340 g/mol. The quantitative estimate of drug-likeness (QED) is 0.654. The minimum atomic E-state index is -0.338. The van der Waals surface area contributed by atoms with Crippen LogP contribution >= 0.6 is 23.1 Å². The average Bonchev–Trinajstić information content (AvgIpc) is 3.18. The lowest BCUT2D eigenvalue weighted by Crippen LogP contribution is -2.11. The molecule has 1 aromatic carbocycles. The third-order valence-corrected chi connectivity index (χ3v) is 6.30. The van der Waals surface area contributed by atoms with Gasteiger partial charge in [-0.2, -0.15) is 0 Å². The summed E-state index contributed by atoms with van der Waals surface area (Å²) in [4.78, 5) is 17.6. The summed E-state index contributed by atoms with van der Waals surface area (Å²) in [5.74, 6) is 0.405. The van der Waals surface area contributed by atoms with Gasteiger partial charge < -0.3 is 4.74 Å². The van der Waals surface area contributed by atoms with Crippen LogP contribution in [0, 0.1) is 0 Å². The van der Waals surface area contributed by atoms with Crippen LogP contribution in [0.15, 0.2) is 46.9 Å². The molecule has 6 heteroatoms. The Balaban J connectivity index is 1.66. The maximum atomic E-state index is 12.0. The smallest absolute Gasteiger partial charge is 0.358 e. The number of thioether (sulfide) groups is 1. The first-order valence-electron chi connectivity index (χ1n) is 7.79. The number of thiophene rings is 1. The second kappa shape index (κ2) is 6.45. The maximum Gasteiger partial charge on any atom is 0.358 e. The molecule has 0 fully saturated rings. The number of hydrogen-bond donors (Lipinski definition) is 0. The number of benzene rings is 1. The van der Waals surface area contributed by atoms with Gasteiger partial charge in [0, 0.05) is 17.1 Å². The zero-order chi connectivity index (χ0) is 16.5. The van der Waals surface area contributed by atoms with Gasteiger partial charge in [-0.15, -0.1) is 23.1 Å². The molecule has 0 amide bonds. The summed E-state index contributed by atoms with van der Waals surface area (Å²) in [5, 5.41) is 0. The van der Waals surface area contributed by atoms with E-state index in [-0.39, 0.29) is 5.97 Å². The van der Waals surface area contributed by atoms with Crippen LogP contribution in [0.2, 0.25) is 0 Å². The van der Waals surface area contributed by atoms with Crippen molar-refractivity contribution in [2.75, 3.05) is 6.61 Å². The SMILES string of the molecule is CCOC(=O)c1ncn2c1CSc1sc(Cc3ccccc3)cc1-2. The van der Waals surface area contributed by atoms with Crippen molar-refractivity contribution < 1.29 is 9.53 Å². The van der Waals surface area contributed by atoms with Crippen molar-refractivity contribution in [3.63, 3.8) is 0 Å². The van der Waals surface area contributed by atoms with Gasteiger partial charge in [0.1, 0.15) is 6.33 Å². The molecule has 4 nitrogen and oxygen atoms in total. The van der Waals surface area contributed by atoms with Crippen LogP contribution < -0.4 is 0 Å². The Morgan fingerprint density at radius 1 is 1.33 bits per heavy atom. The number of aromatic nitrogens is 2. The van der Waals surface area contributed by atoms with E-state index in [4.69, 9.17) is 4.74 Å². The van der Waals surface area contributed by atoms with Gasteiger partial charge in [0.05, 0.1) is 22.2 Å². The summed E-state index contributed by atoms with van der Waals surface area (Å²) >= 11 is 3.59. The molecule has 122 valence electrons. The fourth-order valence-corrected chi connectivity index (χ4v) is 5.28. The van der Waals surface area contributed by atoms with Crippen LogP contribution in [0.25, 0.3) is 5.69 Å². The van der Waals surface area contributed by atoms with Crippen LogP contribution in [-0.2, 0) is 16.9 Å². The predicted octanol–water partition coefficient (Wildman–Crippen LogP) is 4.31. The van der Waals surface area contributed by atoms with Gasteiger partial charge in [0.2, 0.25) is 0 Å². The van der Waals surface area contributed by atoms with Crippen molar-refractivity contribution in [1.29, 1.82) is 0 Å². The molecule has 4 rings (SSSR count). The summed E-state index contributed by atoms with van der Waals surface area (Å²) in [6.07, 6.45) is 2.66. The Kier molecular flexibility index (Phi) is 4.16. The van der Waals surface area contributed by atoms with E-state index in [0.717, 1.165) is 23.6 Å². The molecule has 24 heavy (non-hydrogen) atoms. The number of imidazole rings is 1. The zero-order valence-corrected chi connectivity index (χ0v) is 14.8. The lowest BCUT2D eigenvalue weighted by atomic mass is 10.1. The van der Waals surface area contributed by atoms with E-state index in [1.165, 1.54) is 14.6 Å². The molecule has 1 aliphatic rings. The van der Waals surface area contributed by atoms with Gasteiger partial charge >= 0.3 is 5.97 Å². The number of esters is 1. The Morgan fingerprint density at radius 2 is 2.17 bits per heavy atom. The zero-order valence-electron chi connectivity index (χ0n) is 13.2. The molecule has 3 heterocycles. The Bertz CT molecular complexity index is 884. The van der Waals surface area contributed by atoms with E-state index in [1.807, 2.05) is 28.9 Å². The molecule has 0 saturated heterocycles. The minimum Gasteiger partial charge on any atom is -0.461 e. The molecule has 0 bridgehead atoms. The number of carbonyl (C=O) groups excluding carboxylic acids is 1. The lowest BCUT2D eigenvalue weighted by molar-refractivity contribution is 0.0519. The second-order valence-corrected chi connectivity index (χ2v) is 7.85. The fraction of sp³-hybridized carbons (Fsp3) is 0.222. The standard InChI is InChI=1S/C18H16N2O2S2/c1-2-22-17(21)16-15-10-23-18-14(20(15)11-19-16)9-13(24-18)8-12-6-4-3-5-7-12/h3-7,9,11H,2,8,10H2,1H3. The number of rotatable bonds is 4. The van der Waals surface area contributed by atoms with Crippen molar-refractivity contribution >= 4 is 29.1 Å². The highest BCUT2D eigenvalue weighted by Gasteiger charge is 2.26. The topological polar surface area (TPSA) is 44.1 Å². The normalized spacial score (nSPS) is 12.5. The van der Waals surface area contributed by atoms with Gasteiger partial charge in [-0.05, 0) is 18.6 Å². The summed E-state index contributed by atoms with van der Waals surface area (Å²) in [6.45, 7) is 2.17. The molecule has 0 spiro atoms. The molecule has 0 unspecified atom stereocenters. The highest BCUT2D eigenvalue weighted by Crippen LogP contribution is 2.42. The van der Waals surface area contributed by atoms with E-state index < -0.39 is 0 Å². The molecule has 2 aromatic heterocycles. The molecule has 0 aliphatic carbocycles. The van der Waals surface area contributed by atoms with Crippen molar-refractivity contribution in [3.05, 3.63) is 64.6 Å². The summed E-state index contributed by atoms with van der Waals surface area (Å²) in [7, 11) is 0. The molecule has 0 N–H and O–H groups in total. The Hall–Kier alpha value is -2.05. The second-order valence-electron chi connectivity index (χ2n) is 5.47. The van der Waals surface area contributed by atoms with Crippen molar-refractivity contribution in [2.24, 2.45) is 0 Å². The van der Waals surface area contributed by atoms with E-state index in [9.17, 15) is 4.79 Å². The molecule has 0 saturated carbocycles. The van der Waals surface area contributed by atoms with Crippen LogP contribution in [-0.4, -0.2) is 22.1 Å². The molecule has 1 aliphatic heterocycles. The van der Waals surface area contributed by atoms with Gasteiger partial charge in [-0.3, -0.25) is 4.57 Å². The first kappa shape index (κ1) is 15.5. The number of fused-ring (bicyclic) bond motifs is 3. The van der Waals surface area contributed by atoms with E-state index in [1.54, 1.807) is 18.1 Å². The number of carbonyl (C=O) groups is 1. The summed E-state index contributed by atoms with van der Waals surface area (Å²) < 4.78 is 8.41. The Labute approximate surface area is 148 Å². The average molecular weight is 356 g/mol. The van der Waals surface area contributed by atoms with Gasteiger partial charge in [0.25, 0.3) is 0 Å². The van der Waals surface area contributed by atoms with Crippen molar-refractivity contribution in [1.82, 2.24) is 9.55 Å². The largest absolute Gasteiger partial charge is 0.461 e. The predicted molar refractivity (Wildman–Crippen MR) is 96.2 cm³/mol. The number of ether oxygens (including phenoxy) is 1.